The quantitative estimate of drug-likeness (QED) is 0.598. The molecule has 2 rings (SSSR count). The summed E-state index contributed by atoms with van der Waals surface area (Å²) in [5.74, 6) is 0.168. The molecule has 23 heavy (non-hydrogen) atoms. The Morgan fingerprint density at radius 2 is 2.04 bits per heavy atom. The number of methoxy groups -OCH3 is 1. The van der Waals surface area contributed by atoms with Gasteiger partial charge in [0.15, 0.2) is 5.78 Å². The van der Waals surface area contributed by atoms with Gasteiger partial charge in [-0.3, -0.25) is 9.59 Å². The summed E-state index contributed by atoms with van der Waals surface area (Å²) in [5.41, 5.74) is 1.56. The number of anilines is 2. The first-order valence-electron chi connectivity index (χ1n) is 7.07. The number of nitrogens with zero attached hydrogens (tertiary/aromatic N) is 2. The number of ketones is 1. The molecule has 0 radical (unpaired) electrons. The normalized spacial score (nSPS) is 10.2. The summed E-state index contributed by atoms with van der Waals surface area (Å²) in [6, 6.07) is 7.08. The van der Waals surface area contributed by atoms with E-state index >= 15 is 0 Å². The number of hydrogen-bond donors (Lipinski definition) is 2. The van der Waals surface area contributed by atoms with Gasteiger partial charge in [0.2, 0.25) is 0 Å². The maximum Gasteiger partial charge on any atom is 0.271 e. The zero-order chi connectivity index (χ0) is 16.7. The monoisotopic (exact) mass is 314 g/mol. The third-order valence-electron chi connectivity index (χ3n) is 3.02. The molecule has 0 fully saturated rings. The van der Waals surface area contributed by atoms with E-state index in [9.17, 15) is 9.59 Å². The van der Waals surface area contributed by atoms with Crippen molar-refractivity contribution in [2.75, 3.05) is 25.6 Å². The Kier molecular flexibility index (Phi) is 5.76. The van der Waals surface area contributed by atoms with E-state index in [1.165, 1.54) is 19.3 Å². The third-order valence-corrected chi connectivity index (χ3v) is 3.02. The van der Waals surface area contributed by atoms with Crippen molar-refractivity contribution in [1.29, 1.82) is 0 Å². The number of Topliss-reactive ketones (excluding diaryl/α,β-unsaturated/α-hetero) is 1. The summed E-state index contributed by atoms with van der Waals surface area (Å²) in [6.07, 6.45) is 2.85. The second-order valence-corrected chi connectivity index (χ2v) is 4.80. The first-order chi connectivity index (χ1) is 11.1. The minimum Gasteiger partial charge on any atom is -0.383 e. The Bertz CT molecular complexity index is 686. The molecular weight excluding hydrogens is 296 g/mol. The predicted molar refractivity (Wildman–Crippen MR) is 86.0 cm³/mol. The molecule has 7 heteroatoms. The Hall–Kier alpha value is -2.80. The van der Waals surface area contributed by atoms with Crippen LogP contribution >= 0.6 is 0 Å². The highest BCUT2D eigenvalue weighted by atomic mass is 16.5. The van der Waals surface area contributed by atoms with E-state index in [1.54, 1.807) is 25.3 Å². The number of carbonyl (C=O) groups excluding carboxylic acids is 2. The van der Waals surface area contributed by atoms with E-state index in [0.29, 0.717) is 24.5 Å². The standard InChI is InChI=1S/C16H18N4O3/c1-11(21)12-4-3-5-13(8-12)20-15-10-18-14(9-19-15)16(22)17-6-7-23-2/h3-5,8-10H,6-7H2,1-2H3,(H,17,22)(H,19,20). The summed E-state index contributed by atoms with van der Waals surface area (Å²) >= 11 is 0. The molecule has 0 aliphatic carbocycles. The molecule has 1 aromatic heterocycles. The maximum absolute atomic E-state index is 11.8. The van der Waals surface area contributed by atoms with Crippen LogP contribution in [0.3, 0.4) is 0 Å². The van der Waals surface area contributed by atoms with Gasteiger partial charge in [0.1, 0.15) is 11.5 Å². The number of hydrogen-bond acceptors (Lipinski definition) is 6. The number of carbonyl (C=O) groups is 2. The second-order valence-electron chi connectivity index (χ2n) is 4.80. The molecule has 0 saturated carbocycles. The average molecular weight is 314 g/mol. The molecule has 1 heterocycles. The summed E-state index contributed by atoms with van der Waals surface area (Å²) in [4.78, 5) is 31.4. The number of nitrogens with one attached hydrogen (secondary N) is 2. The van der Waals surface area contributed by atoms with Crippen LogP contribution in [-0.4, -0.2) is 41.9 Å². The van der Waals surface area contributed by atoms with Crippen molar-refractivity contribution < 1.29 is 14.3 Å². The highest BCUT2D eigenvalue weighted by Crippen LogP contribution is 2.15. The molecule has 2 aromatic rings. The van der Waals surface area contributed by atoms with Gasteiger partial charge < -0.3 is 15.4 Å². The van der Waals surface area contributed by atoms with Gasteiger partial charge in [0.05, 0.1) is 19.0 Å². The van der Waals surface area contributed by atoms with Gasteiger partial charge in [0.25, 0.3) is 5.91 Å². The summed E-state index contributed by atoms with van der Waals surface area (Å²) in [6.45, 7) is 2.36. The lowest BCUT2D eigenvalue weighted by molar-refractivity contribution is 0.0931. The molecule has 1 aromatic carbocycles. The van der Waals surface area contributed by atoms with Crippen LogP contribution in [-0.2, 0) is 4.74 Å². The number of aromatic nitrogens is 2. The number of ether oxygens (including phenoxy) is 1. The Morgan fingerprint density at radius 1 is 1.22 bits per heavy atom. The largest absolute Gasteiger partial charge is 0.383 e. The number of benzene rings is 1. The molecule has 120 valence electrons. The highest BCUT2D eigenvalue weighted by Gasteiger charge is 2.07. The molecule has 0 saturated heterocycles. The van der Waals surface area contributed by atoms with Crippen LogP contribution in [0.1, 0.15) is 27.8 Å². The van der Waals surface area contributed by atoms with Crippen molar-refractivity contribution in [1.82, 2.24) is 15.3 Å². The Morgan fingerprint density at radius 3 is 2.70 bits per heavy atom. The van der Waals surface area contributed by atoms with E-state index in [-0.39, 0.29) is 17.4 Å². The molecule has 0 atom stereocenters. The van der Waals surface area contributed by atoms with Gasteiger partial charge >= 0.3 is 0 Å². The third kappa shape index (κ3) is 4.86. The Labute approximate surface area is 134 Å². The van der Waals surface area contributed by atoms with Gasteiger partial charge in [0, 0.05) is 24.9 Å². The van der Waals surface area contributed by atoms with Crippen molar-refractivity contribution >= 4 is 23.2 Å². The van der Waals surface area contributed by atoms with Crippen LogP contribution in [0.5, 0.6) is 0 Å². The van der Waals surface area contributed by atoms with Crippen LogP contribution in [0, 0.1) is 0 Å². The van der Waals surface area contributed by atoms with E-state index in [0.717, 1.165) is 5.69 Å². The fourth-order valence-corrected chi connectivity index (χ4v) is 1.83. The molecule has 2 N–H and O–H groups in total. The Balaban J connectivity index is 2.01. The highest BCUT2D eigenvalue weighted by molar-refractivity contribution is 5.95. The molecule has 0 spiro atoms. The van der Waals surface area contributed by atoms with Crippen molar-refractivity contribution in [2.24, 2.45) is 0 Å². The lowest BCUT2D eigenvalue weighted by atomic mass is 10.1. The fourth-order valence-electron chi connectivity index (χ4n) is 1.83. The molecule has 0 aliphatic heterocycles. The first-order valence-corrected chi connectivity index (χ1v) is 7.07. The number of amides is 1. The predicted octanol–water partition coefficient (Wildman–Crippen LogP) is 1.80. The van der Waals surface area contributed by atoms with E-state index in [2.05, 4.69) is 20.6 Å². The van der Waals surface area contributed by atoms with Gasteiger partial charge in [-0.2, -0.15) is 0 Å². The van der Waals surface area contributed by atoms with E-state index in [4.69, 9.17) is 4.74 Å². The van der Waals surface area contributed by atoms with Crippen molar-refractivity contribution in [3.63, 3.8) is 0 Å². The summed E-state index contributed by atoms with van der Waals surface area (Å²) in [7, 11) is 1.56. The van der Waals surface area contributed by atoms with Crippen LogP contribution in [0.4, 0.5) is 11.5 Å². The van der Waals surface area contributed by atoms with Crippen molar-refractivity contribution in [2.45, 2.75) is 6.92 Å². The van der Waals surface area contributed by atoms with Gasteiger partial charge in [-0.15, -0.1) is 0 Å². The van der Waals surface area contributed by atoms with Crippen LogP contribution in [0.15, 0.2) is 36.7 Å². The average Bonchev–Trinajstić information content (AvgIpc) is 2.56. The number of rotatable bonds is 7. The molecule has 0 bridgehead atoms. The fraction of sp³-hybridized carbons (Fsp3) is 0.250. The molecule has 7 nitrogen and oxygen atoms in total. The molecule has 0 unspecified atom stereocenters. The molecule has 1 amide bonds. The van der Waals surface area contributed by atoms with Crippen LogP contribution in [0.2, 0.25) is 0 Å². The van der Waals surface area contributed by atoms with Crippen molar-refractivity contribution in [3.8, 4) is 0 Å². The zero-order valence-electron chi connectivity index (χ0n) is 13.0. The topological polar surface area (TPSA) is 93.2 Å². The van der Waals surface area contributed by atoms with E-state index in [1.807, 2.05) is 6.07 Å². The van der Waals surface area contributed by atoms with E-state index < -0.39 is 0 Å². The molecular formula is C16H18N4O3. The van der Waals surface area contributed by atoms with Gasteiger partial charge in [-0.1, -0.05) is 12.1 Å². The SMILES string of the molecule is COCCNC(=O)c1cnc(Nc2cccc(C(C)=O)c2)cn1. The van der Waals surface area contributed by atoms with Crippen molar-refractivity contribution in [3.05, 3.63) is 47.9 Å². The summed E-state index contributed by atoms with van der Waals surface area (Å²) < 4.78 is 4.86. The van der Waals surface area contributed by atoms with Crippen LogP contribution < -0.4 is 10.6 Å². The zero-order valence-corrected chi connectivity index (χ0v) is 13.0. The first kappa shape index (κ1) is 16.6. The molecule has 0 aliphatic rings. The smallest absolute Gasteiger partial charge is 0.271 e. The lowest BCUT2D eigenvalue weighted by Gasteiger charge is -2.07. The van der Waals surface area contributed by atoms with Gasteiger partial charge in [-0.05, 0) is 19.1 Å². The minimum absolute atomic E-state index is 0.0113. The van der Waals surface area contributed by atoms with Gasteiger partial charge in [-0.25, -0.2) is 9.97 Å². The maximum atomic E-state index is 11.8. The second kappa shape index (κ2) is 8.00. The van der Waals surface area contributed by atoms with Crippen LogP contribution in [0.25, 0.3) is 0 Å². The minimum atomic E-state index is -0.306. The summed E-state index contributed by atoms with van der Waals surface area (Å²) in [5, 5.41) is 5.70. The lowest BCUT2D eigenvalue weighted by Crippen LogP contribution is -2.27.